The molecule has 1 rings (SSSR count). The number of ether oxygens (including phenoxy) is 1. The number of anilines is 1. The predicted octanol–water partition coefficient (Wildman–Crippen LogP) is 3.75. The molecule has 0 spiro atoms. The molecule has 12 heteroatoms. The first-order chi connectivity index (χ1) is 12.6. The van der Waals surface area contributed by atoms with Crippen LogP contribution in [-0.2, 0) is 14.4 Å². The third kappa shape index (κ3) is 5.98. The summed E-state index contributed by atoms with van der Waals surface area (Å²) >= 11 is 5.60. The van der Waals surface area contributed by atoms with Crippen molar-refractivity contribution < 1.29 is 36.7 Å². The quantitative estimate of drug-likeness (QED) is 0.234. The van der Waals surface area contributed by atoms with Gasteiger partial charge in [0.2, 0.25) is 0 Å². The maximum Gasteiger partial charge on any atom is 0.463 e. The van der Waals surface area contributed by atoms with Crippen molar-refractivity contribution in [3.05, 3.63) is 30.1 Å². The molecule has 7 nitrogen and oxygen atoms in total. The second-order valence-corrected chi connectivity index (χ2v) is 5.51. The number of urea groups is 1. The molecule has 0 aliphatic heterocycles. The summed E-state index contributed by atoms with van der Waals surface area (Å²) in [6.07, 6.45) is -4.95. The Morgan fingerprint density at radius 3 is 2.48 bits per heavy atom. The normalized spacial score (nSPS) is 14.1. The summed E-state index contributed by atoms with van der Waals surface area (Å²) in [6, 6.07) is 2.82. The Kier molecular flexibility index (Phi) is 7.82. The topological polar surface area (TPSA) is 89.0 Å². The van der Waals surface area contributed by atoms with E-state index in [-0.39, 0.29) is 17.3 Å². The van der Waals surface area contributed by atoms with Gasteiger partial charge in [-0.15, -0.1) is 0 Å². The molecule has 0 saturated carbocycles. The van der Waals surface area contributed by atoms with Crippen molar-refractivity contribution >= 4 is 34.5 Å². The highest BCUT2D eigenvalue weighted by molar-refractivity contribution is 6.65. The van der Waals surface area contributed by atoms with Crippen LogP contribution in [0.2, 0.25) is 0 Å². The Bertz CT molecular complexity index is 715. The molecule has 150 valence electrons. The number of alkyl halides is 3. The van der Waals surface area contributed by atoms with Gasteiger partial charge in [-0.3, -0.25) is 5.32 Å². The van der Waals surface area contributed by atoms with E-state index >= 15 is 0 Å². The van der Waals surface area contributed by atoms with Crippen molar-refractivity contribution in [2.75, 3.05) is 12.4 Å². The number of nitrogens with zero attached hydrogens (tertiary/aromatic N) is 1. The summed E-state index contributed by atoms with van der Waals surface area (Å²) in [6.45, 7) is 1.68. The van der Waals surface area contributed by atoms with Crippen LogP contribution in [0.3, 0.4) is 0 Å². The number of esters is 1. The minimum atomic E-state index is -5.47. The van der Waals surface area contributed by atoms with Gasteiger partial charge in [0.1, 0.15) is 11.0 Å². The van der Waals surface area contributed by atoms with Gasteiger partial charge in [0, 0.05) is 12.1 Å². The summed E-state index contributed by atoms with van der Waals surface area (Å²) in [4.78, 5) is 28.1. The number of methoxy groups -OCH3 is 1. The summed E-state index contributed by atoms with van der Waals surface area (Å²) in [5.74, 6) is -2.73. The Morgan fingerprint density at radius 1 is 1.30 bits per heavy atom. The maximum atomic E-state index is 13.6. The van der Waals surface area contributed by atoms with Gasteiger partial charge in [0.05, 0.1) is 7.11 Å². The summed E-state index contributed by atoms with van der Waals surface area (Å²) < 4.78 is 57.9. The summed E-state index contributed by atoms with van der Waals surface area (Å²) in [5.41, 5.74) is -4.13. The van der Waals surface area contributed by atoms with Crippen LogP contribution in [0.4, 0.5) is 28.0 Å². The van der Waals surface area contributed by atoms with Crippen LogP contribution in [0.1, 0.15) is 19.8 Å². The smallest absolute Gasteiger partial charge is 0.463 e. The summed E-state index contributed by atoms with van der Waals surface area (Å²) in [7, 11) is 0.662. The zero-order chi connectivity index (χ0) is 20.7. The lowest BCUT2D eigenvalue weighted by molar-refractivity contribution is -0.283. The van der Waals surface area contributed by atoms with Gasteiger partial charge < -0.3 is 14.9 Å². The average Bonchev–Trinajstić information content (AvgIpc) is 2.57. The molecule has 0 heterocycles. The van der Waals surface area contributed by atoms with E-state index in [4.69, 9.17) is 11.6 Å². The molecule has 0 aliphatic rings. The average molecular weight is 414 g/mol. The van der Waals surface area contributed by atoms with E-state index in [1.807, 2.05) is 5.32 Å². The zero-order valence-corrected chi connectivity index (χ0v) is 14.9. The van der Waals surface area contributed by atoms with Gasteiger partial charge in [-0.2, -0.15) is 13.2 Å². The van der Waals surface area contributed by atoms with E-state index in [1.54, 1.807) is 6.92 Å². The Labute approximate surface area is 156 Å². The van der Waals surface area contributed by atoms with Gasteiger partial charge >= 0.3 is 23.9 Å². The lowest BCUT2D eigenvalue weighted by atomic mass is 10.2. The molecule has 1 atom stereocenters. The molecule has 0 fully saturated rings. The van der Waals surface area contributed by atoms with E-state index in [9.17, 15) is 27.2 Å². The van der Waals surface area contributed by atoms with Crippen LogP contribution in [0.25, 0.3) is 0 Å². The van der Waals surface area contributed by atoms with Crippen molar-refractivity contribution in [3.8, 4) is 0 Å². The zero-order valence-electron chi connectivity index (χ0n) is 14.2. The minimum absolute atomic E-state index is 0.0755. The number of amides is 2. The fourth-order valence-electron chi connectivity index (χ4n) is 1.75. The molecule has 1 aromatic carbocycles. The Morgan fingerprint density at radius 2 is 1.96 bits per heavy atom. The fraction of sp³-hybridized carbons (Fsp3) is 0.400. The van der Waals surface area contributed by atoms with Crippen molar-refractivity contribution in [2.24, 2.45) is 5.16 Å². The SMILES string of the molecule is CCCC(Cl)=NOC(NC(=O)Nc1cccc(F)c1)(C(=O)OC)C(F)(F)F. The first-order valence-electron chi connectivity index (χ1n) is 7.46. The lowest BCUT2D eigenvalue weighted by Gasteiger charge is -2.30. The predicted molar refractivity (Wildman–Crippen MR) is 88.6 cm³/mol. The second kappa shape index (κ2) is 9.40. The third-order valence-corrected chi connectivity index (χ3v) is 3.24. The molecule has 0 bridgehead atoms. The van der Waals surface area contributed by atoms with E-state index in [2.05, 4.69) is 14.7 Å². The second-order valence-electron chi connectivity index (χ2n) is 5.07. The van der Waals surface area contributed by atoms with Crippen molar-refractivity contribution in [2.45, 2.75) is 31.7 Å². The number of hydrogen-bond acceptors (Lipinski definition) is 5. The standard InChI is InChI=1S/C15H16ClF4N3O4/c1-3-5-11(16)23-27-14(12(24)26-2,15(18,19)20)22-13(25)21-10-7-4-6-9(17)8-10/h4,6-8H,3,5H2,1-2H3,(H2,21,22,25). The molecule has 2 amide bonds. The molecule has 0 saturated heterocycles. The van der Waals surface area contributed by atoms with Crippen LogP contribution in [-0.4, -0.2) is 36.2 Å². The Hall–Kier alpha value is -2.56. The highest BCUT2D eigenvalue weighted by atomic mass is 35.5. The number of halogens is 5. The number of nitrogens with one attached hydrogen (secondary N) is 2. The van der Waals surface area contributed by atoms with Crippen molar-refractivity contribution in [1.29, 1.82) is 0 Å². The van der Waals surface area contributed by atoms with Crippen LogP contribution in [0, 0.1) is 5.82 Å². The van der Waals surface area contributed by atoms with Crippen LogP contribution < -0.4 is 10.6 Å². The molecule has 0 aliphatic carbocycles. The third-order valence-electron chi connectivity index (χ3n) is 2.98. The fourth-order valence-corrected chi connectivity index (χ4v) is 1.98. The van der Waals surface area contributed by atoms with Crippen LogP contribution in [0.5, 0.6) is 0 Å². The number of carbonyl (C=O) groups excluding carboxylic acids is 2. The van der Waals surface area contributed by atoms with Gasteiger partial charge in [-0.05, 0) is 24.6 Å². The molecule has 0 aromatic heterocycles. The molecule has 1 unspecified atom stereocenters. The minimum Gasteiger partial charge on any atom is -0.464 e. The van der Waals surface area contributed by atoms with Gasteiger partial charge in [-0.25, -0.2) is 14.0 Å². The maximum absolute atomic E-state index is 13.6. The van der Waals surface area contributed by atoms with Gasteiger partial charge in [0.15, 0.2) is 0 Å². The van der Waals surface area contributed by atoms with Gasteiger partial charge in [0.25, 0.3) is 0 Å². The largest absolute Gasteiger partial charge is 0.464 e. The first kappa shape index (κ1) is 22.5. The Balaban J connectivity index is 3.17. The summed E-state index contributed by atoms with van der Waals surface area (Å²) in [5, 5.41) is 5.97. The number of hydrogen-bond donors (Lipinski definition) is 2. The van der Waals surface area contributed by atoms with Crippen molar-refractivity contribution in [3.63, 3.8) is 0 Å². The van der Waals surface area contributed by atoms with Crippen LogP contribution in [0.15, 0.2) is 29.4 Å². The number of benzene rings is 1. The highest BCUT2D eigenvalue weighted by Crippen LogP contribution is 2.33. The lowest BCUT2D eigenvalue weighted by Crippen LogP contribution is -2.66. The van der Waals surface area contributed by atoms with E-state index in [0.717, 1.165) is 12.1 Å². The van der Waals surface area contributed by atoms with Crippen LogP contribution >= 0.6 is 11.6 Å². The van der Waals surface area contributed by atoms with E-state index in [0.29, 0.717) is 13.5 Å². The number of rotatable bonds is 7. The molecule has 0 radical (unpaired) electrons. The van der Waals surface area contributed by atoms with Crippen molar-refractivity contribution in [1.82, 2.24) is 5.32 Å². The number of carbonyl (C=O) groups is 2. The van der Waals surface area contributed by atoms with E-state index < -0.39 is 29.7 Å². The first-order valence-corrected chi connectivity index (χ1v) is 7.84. The highest BCUT2D eigenvalue weighted by Gasteiger charge is 2.67. The molecule has 27 heavy (non-hydrogen) atoms. The molecular weight excluding hydrogens is 398 g/mol. The molecule has 2 N–H and O–H groups in total. The van der Waals surface area contributed by atoms with E-state index in [1.165, 1.54) is 17.4 Å². The molecular formula is C15H16ClF4N3O4. The van der Waals surface area contributed by atoms with Gasteiger partial charge in [-0.1, -0.05) is 29.7 Å². The molecule has 1 aromatic rings. The monoisotopic (exact) mass is 413 g/mol. The number of oxime groups is 1.